The van der Waals surface area contributed by atoms with Crippen LogP contribution in [0.1, 0.15) is 0 Å². The molecule has 0 unspecified atom stereocenters. The van der Waals surface area contributed by atoms with E-state index < -0.39 is 5.97 Å². The van der Waals surface area contributed by atoms with Crippen LogP contribution in [0.15, 0.2) is 30.5 Å². The van der Waals surface area contributed by atoms with Gasteiger partial charge in [-0.1, -0.05) is 23.2 Å². The maximum absolute atomic E-state index is 10.8. The third-order valence-corrected chi connectivity index (χ3v) is 3.87. The number of carboxylic acid groups (broad SMARTS) is 1. The van der Waals surface area contributed by atoms with Gasteiger partial charge in [0.15, 0.2) is 0 Å². The zero-order valence-corrected chi connectivity index (χ0v) is 12.6. The smallest absolute Gasteiger partial charge is 0.322 e. The van der Waals surface area contributed by atoms with E-state index in [-0.39, 0.29) is 6.54 Å². The second kappa shape index (κ2) is 5.82. The van der Waals surface area contributed by atoms with Crippen molar-refractivity contribution in [1.29, 1.82) is 0 Å². The van der Waals surface area contributed by atoms with E-state index in [0.717, 1.165) is 0 Å². The van der Waals surface area contributed by atoms with Crippen molar-refractivity contribution in [2.24, 2.45) is 0 Å². The van der Waals surface area contributed by atoms with Gasteiger partial charge in [0.25, 0.3) is 0 Å². The summed E-state index contributed by atoms with van der Waals surface area (Å²) in [6.07, 6.45) is 1.60. The van der Waals surface area contributed by atoms with Gasteiger partial charge in [-0.2, -0.15) is 5.10 Å². The average Bonchev–Trinajstić information content (AvgIpc) is 3.03. The molecule has 22 heavy (non-hydrogen) atoms. The minimum absolute atomic E-state index is 0.220. The van der Waals surface area contributed by atoms with E-state index in [4.69, 9.17) is 28.3 Å². The first kappa shape index (κ1) is 14.6. The van der Waals surface area contributed by atoms with Crippen LogP contribution in [-0.4, -0.2) is 32.8 Å². The molecule has 8 heteroatoms. The molecule has 0 aliphatic rings. The van der Waals surface area contributed by atoms with Gasteiger partial charge in [-0.15, -0.1) is 0 Å². The summed E-state index contributed by atoms with van der Waals surface area (Å²) in [4.78, 5) is 15.3. The van der Waals surface area contributed by atoms with Crippen LogP contribution in [0, 0.1) is 0 Å². The zero-order chi connectivity index (χ0) is 15.7. The molecule has 3 aromatic rings. The normalized spacial score (nSPS) is 10.8. The minimum Gasteiger partial charge on any atom is -0.480 e. The number of nitrogens with one attached hydrogen (secondary N) is 2. The van der Waals surface area contributed by atoms with Gasteiger partial charge in [0, 0.05) is 17.3 Å². The van der Waals surface area contributed by atoms with Crippen molar-refractivity contribution < 1.29 is 9.90 Å². The molecule has 0 spiro atoms. The van der Waals surface area contributed by atoms with Crippen molar-refractivity contribution in [1.82, 2.24) is 15.2 Å². The lowest BCUT2D eigenvalue weighted by Gasteiger charge is -2.11. The van der Waals surface area contributed by atoms with Crippen LogP contribution in [0.25, 0.3) is 22.3 Å². The highest BCUT2D eigenvalue weighted by molar-refractivity contribution is 6.45. The Bertz CT molecular complexity index is 850. The summed E-state index contributed by atoms with van der Waals surface area (Å²) in [6.45, 7) is -0.220. The molecule has 112 valence electrons. The predicted molar refractivity (Wildman–Crippen MR) is 85.5 cm³/mol. The summed E-state index contributed by atoms with van der Waals surface area (Å²) in [7, 11) is 0. The highest BCUT2D eigenvalue weighted by Gasteiger charge is 2.13. The second-order valence-electron chi connectivity index (χ2n) is 4.53. The molecule has 0 aliphatic carbocycles. The lowest BCUT2D eigenvalue weighted by atomic mass is 10.1. The van der Waals surface area contributed by atoms with Gasteiger partial charge in [-0.3, -0.25) is 9.89 Å². The SMILES string of the molecule is O=C(O)CNc1cc(-c2ccn[nH]2)nc2c(Cl)c(Cl)ccc12. The Hall–Kier alpha value is -2.31. The van der Waals surface area contributed by atoms with E-state index in [9.17, 15) is 4.79 Å². The quantitative estimate of drug-likeness (QED) is 0.678. The number of pyridine rings is 1. The first-order chi connectivity index (χ1) is 10.6. The van der Waals surface area contributed by atoms with E-state index >= 15 is 0 Å². The van der Waals surface area contributed by atoms with Crippen LogP contribution in [0.2, 0.25) is 10.0 Å². The maximum atomic E-state index is 10.8. The number of hydrogen-bond acceptors (Lipinski definition) is 4. The lowest BCUT2D eigenvalue weighted by Crippen LogP contribution is -2.12. The predicted octanol–water partition coefficient (Wildman–Crippen LogP) is 3.43. The van der Waals surface area contributed by atoms with E-state index in [1.54, 1.807) is 30.5 Å². The van der Waals surface area contributed by atoms with Crippen molar-refractivity contribution in [3.05, 3.63) is 40.5 Å². The van der Waals surface area contributed by atoms with E-state index in [1.807, 2.05) is 0 Å². The number of aromatic nitrogens is 3. The number of halogens is 2. The highest BCUT2D eigenvalue weighted by atomic mass is 35.5. The molecule has 1 aromatic carbocycles. The van der Waals surface area contributed by atoms with Gasteiger partial charge in [0.2, 0.25) is 0 Å². The largest absolute Gasteiger partial charge is 0.480 e. The summed E-state index contributed by atoms with van der Waals surface area (Å²) >= 11 is 12.3. The highest BCUT2D eigenvalue weighted by Crippen LogP contribution is 2.35. The van der Waals surface area contributed by atoms with Crippen molar-refractivity contribution in [3.63, 3.8) is 0 Å². The van der Waals surface area contributed by atoms with E-state index in [2.05, 4.69) is 20.5 Å². The van der Waals surface area contributed by atoms with Crippen LogP contribution < -0.4 is 5.32 Å². The molecule has 3 N–H and O–H groups in total. The third-order valence-electron chi connectivity index (χ3n) is 3.08. The number of aliphatic carboxylic acids is 1. The number of anilines is 1. The van der Waals surface area contributed by atoms with Gasteiger partial charge in [0.1, 0.15) is 6.54 Å². The van der Waals surface area contributed by atoms with Crippen molar-refractivity contribution in [3.8, 4) is 11.4 Å². The Morgan fingerprint density at radius 1 is 1.32 bits per heavy atom. The fraction of sp³-hybridized carbons (Fsp3) is 0.0714. The fourth-order valence-electron chi connectivity index (χ4n) is 2.09. The summed E-state index contributed by atoms with van der Waals surface area (Å²) < 4.78 is 0. The monoisotopic (exact) mass is 336 g/mol. The number of fused-ring (bicyclic) bond motifs is 1. The van der Waals surface area contributed by atoms with Crippen molar-refractivity contribution >= 4 is 45.8 Å². The number of aromatic amines is 1. The minimum atomic E-state index is -0.965. The number of H-pyrrole nitrogens is 1. The molecular formula is C14H10Cl2N4O2. The van der Waals surface area contributed by atoms with Gasteiger partial charge in [-0.25, -0.2) is 4.98 Å². The maximum Gasteiger partial charge on any atom is 0.322 e. The first-order valence-electron chi connectivity index (χ1n) is 6.30. The summed E-state index contributed by atoms with van der Waals surface area (Å²) in [6, 6.07) is 6.89. The summed E-state index contributed by atoms with van der Waals surface area (Å²) in [5.74, 6) is -0.965. The number of carboxylic acids is 1. The second-order valence-corrected chi connectivity index (χ2v) is 5.32. The lowest BCUT2D eigenvalue weighted by molar-refractivity contribution is -0.134. The fourth-order valence-corrected chi connectivity index (χ4v) is 2.45. The van der Waals surface area contributed by atoms with Gasteiger partial charge >= 0.3 is 5.97 Å². The van der Waals surface area contributed by atoms with Crippen molar-refractivity contribution in [2.75, 3.05) is 11.9 Å². The average molecular weight is 337 g/mol. The molecule has 0 saturated carbocycles. The molecule has 2 heterocycles. The number of hydrogen-bond donors (Lipinski definition) is 3. The Morgan fingerprint density at radius 2 is 2.14 bits per heavy atom. The Kier molecular flexibility index (Phi) is 3.87. The van der Waals surface area contributed by atoms with Crippen LogP contribution in [-0.2, 0) is 4.79 Å². The Labute approximate surface area is 135 Å². The van der Waals surface area contributed by atoms with Gasteiger partial charge in [0.05, 0.1) is 26.9 Å². The Morgan fingerprint density at radius 3 is 2.82 bits per heavy atom. The van der Waals surface area contributed by atoms with Gasteiger partial charge in [-0.05, 0) is 24.3 Å². The van der Waals surface area contributed by atoms with Gasteiger partial charge < -0.3 is 10.4 Å². The number of nitrogens with zero attached hydrogens (tertiary/aromatic N) is 2. The molecule has 0 atom stereocenters. The van der Waals surface area contributed by atoms with Crippen molar-refractivity contribution in [2.45, 2.75) is 0 Å². The molecule has 0 amide bonds. The molecule has 6 nitrogen and oxygen atoms in total. The molecule has 0 saturated heterocycles. The first-order valence-corrected chi connectivity index (χ1v) is 7.06. The van der Waals surface area contributed by atoms with E-state index in [1.165, 1.54) is 0 Å². The van der Waals surface area contributed by atoms with E-state index in [0.29, 0.717) is 38.0 Å². The summed E-state index contributed by atoms with van der Waals surface area (Å²) in [5.41, 5.74) is 2.38. The molecule has 3 rings (SSSR count). The molecule has 2 aromatic heterocycles. The third kappa shape index (κ3) is 2.70. The molecular weight excluding hydrogens is 327 g/mol. The molecule has 0 fully saturated rings. The summed E-state index contributed by atoms with van der Waals surface area (Å²) in [5, 5.41) is 19.8. The Balaban J connectivity index is 2.22. The topological polar surface area (TPSA) is 90.9 Å². The molecule has 0 aliphatic heterocycles. The van der Waals surface area contributed by atoms with Crippen LogP contribution in [0.3, 0.4) is 0 Å². The zero-order valence-electron chi connectivity index (χ0n) is 11.1. The standard InChI is InChI=1S/C14H10Cl2N4O2/c15-8-2-1-7-10(17-6-12(21)22)5-11(9-3-4-18-20-9)19-14(7)13(8)16/h1-5H,6H2,(H,17,19)(H,18,20)(H,21,22). The molecule has 0 bridgehead atoms. The number of benzene rings is 1. The number of rotatable bonds is 4. The van der Waals surface area contributed by atoms with Crippen LogP contribution in [0.4, 0.5) is 5.69 Å². The molecule has 0 radical (unpaired) electrons. The van der Waals surface area contributed by atoms with Crippen LogP contribution >= 0.6 is 23.2 Å². The number of carbonyl (C=O) groups is 1. The van der Waals surface area contributed by atoms with Crippen LogP contribution in [0.5, 0.6) is 0 Å².